The third-order valence-electron chi connectivity index (χ3n) is 4.31. The first-order valence-electron chi connectivity index (χ1n) is 8.05. The second-order valence-electron chi connectivity index (χ2n) is 6.13. The Kier molecular flexibility index (Phi) is 4.66. The van der Waals surface area contributed by atoms with Crippen molar-refractivity contribution in [2.75, 3.05) is 31.1 Å². The van der Waals surface area contributed by atoms with Crippen molar-refractivity contribution >= 4 is 22.9 Å². The summed E-state index contributed by atoms with van der Waals surface area (Å²) in [6.45, 7) is 9.48. The van der Waals surface area contributed by atoms with E-state index in [-0.39, 0.29) is 5.91 Å². The second kappa shape index (κ2) is 6.71. The molecule has 0 unspecified atom stereocenters. The molecule has 1 aromatic heterocycles. The molecule has 1 saturated heterocycles. The Balaban J connectivity index is 1.58. The molecule has 1 aromatic carbocycles. The molecule has 1 aliphatic heterocycles. The fourth-order valence-electron chi connectivity index (χ4n) is 3.03. The van der Waals surface area contributed by atoms with E-state index in [1.165, 1.54) is 11.3 Å². The smallest absolute Gasteiger partial charge is 0.228 e. The molecule has 0 bridgehead atoms. The molecule has 0 N–H and O–H groups in total. The van der Waals surface area contributed by atoms with Gasteiger partial charge in [-0.15, -0.1) is 11.3 Å². The molecular weight excluding hydrogens is 306 g/mol. The van der Waals surface area contributed by atoms with Gasteiger partial charge in [0.05, 0.1) is 17.1 Å². The van der Waals surface area contributed by atoms with Crippen LogP contribution in [0.3, 0.4) is 0 Å². The fourth-order valence-corrected chi connectivity index (χ4v) is 3.95. The summed E-state index contributed by atoms with van der Waals surface area (Å²) in [5.41, 5.74) is 3.53. The van der Waals surface area contributed by atoms with Crippen LogP contribution >= 0.6 is 11.3 Å². The Morgan fingerprint density at radius 3 is 2.52 bits per heavy atom. The second-order valence-corrected chi connectivity index (χ2v) is 7.41. The summed E-state index contributed by atoms with van der Waals surface area (Å²) in [4.78, 5) is 22.4. The van der Waals surface area contributed by atoms with Gasteiger partial charge < -0.3 is 9.80 Å². The zero-order chi connectivity index (χ0) is 16.4. The molecule has 0 saturated carbocycles. The molecule has 23 heavy (non-hydrogen) atoms. The van der Waals surface area contributed by atoms with Gasteiger partial charge in [0.2, 0.25) is 5.91 Å². The van der Waals surface area contributed by atoms with Crippen molar-refractivity contribution in [3.63, 3.8) is 0 Å². The van der Waals surface area contributed by atoms with E-state index in [0.29, 0.717) is 6.42 Å². The van der Waals surface area contributed by atoms with Crippen molar-refractivity contribution in [3.05, 3.63) is 45.4 Å². The van der Waals surface area contributed by atoms with Crippen LogP contribution in [0.5, 0.6) is 0 Å². The number of thiazole rings is 1. The average Bonchev–Trinajstić information content (AvgIpc) is 2.85. The minimum atomic E-state index is 0.223. The van der Waals surface area contributed by atoms with Gasteiger partial charge in [0, 0.05) is 36.7 Å². The van der Waals surface area contributed by atoms with Gasteiger partial charge in [0.25, 0.3) is 0 Å². The first kappa shape index (κ1) is 16.0. The lowest BCUT2D eigenvalue weighted by molar-refractivity contribution is -0.130. The summed E-state index contributed by atoms with van der Waals surface area (Å²) >= 11 is 1.64. The van der Waals surface area contributed by atoms with E-state index in [4.69, 9.17) is 0 Å². The zero-order valence-corrected chi connectivity index (χ0v) is 14.8. The Hall–Kier alpha value is -1.88. The van der Waals surface area contributed by atoms with E-state index in [9.17, 15) is 4.79 Å². The van der Waals surface area contributed by atoms with Gasteiger partial charge in [-0.2, -0.15) is 0 Å². The molecule has 0 radical (unpaired) electrons. The molecule has 1 aliphatic rings. The summed E-state index contributed by atoms with van der Waals surface area (Å²) in [6.07, 6.45) is 0.488. The standard InChI is InChI=1S/C18H23N3OS/c1-13-5-4-6-16(11-13)20-7-9-21(10-8-20)18(22)12-17-14(2)19-15(3)23-17/h4-6,11H,7-10,12H2,1-3H3. The number of hydrogen-bond acceptors (Lipinski definition) is 4. The van der Waals surface area contributed by atoms with Crippen molar-refractivity contribution in [2.24, 2.45) is 0 Å². The fraction of sp³-hybridized carbons (Fsp3) is 0.444. The van der Waals surface area contributed by atoms with Gasteiger partial charge in [-0.05, 0) is 38.5 Å². The van der Waals surface area contributed by atoms with Crippen LogP contribution in [0, 0.1) is 20.8 Å². The maximum Gasteiger partial charge on any atom is 0.228 e. The molecule has 1 amide bonds. The van der Waals surface area contributed by atoms with E-state index < -0.39 is 0 Å². The number of carbonyl (C=O) groups is 1. The highest BCUT2D eigenvalue weighted by Gasteiger charge is 2.22. The van der Waals surface area contributed by atoms with E-state index in [2.05, 4.69) is 41.1 Å². The molecule has 3 rings (SSSR count). The van der Waals surface area contributed by atoms with Crippen molar-refractivity contribution in [1.29, 1.82) is 0 Å². The highest BCUT2D eigenvalue weighted by Crippen LogP contribution is 2.20. The van der Waals surface area contributed by atoms with Crippen LogP contribution in [0.25, 0.3) is 0 Å². The Morgan fingerprint density at radius 1 is 1.17 bits per heavy atom. The number of anilines is 1. The maximum atomic E-state index is 12.5. The van der Waals surface area contributed by atoms with Crippen LogP contribution in [0.15, 0.2) is 24.3 Å². The van der Waals surface area contributed by atoms with Gasteiger partial charge in [-0.1, -0.05) is 12.1 Å². The topological polar surface area (TPSA) is 36.4 Å². The lowest BCUT2D eigenvalue weighted by Crippen LogP contribution is -2.49. The van der Waals surface area contributed by atoms with Gasteiger partial charge in [0.15, 0.2) is 0 Å². The summed E-state index contributed by atoms with van der Waals surface area (Å²) in [6, 6.07) is 8.56. The highest BCUT2D eigenvalue weighted by molar-refractivity contribution is 7.11. The van der Waals surface area contributed by atoms with Crippen molar-refractivity contribution in [1.82, 2.24) is 9.88 Å². The third-order valence-corrected chi connectivity index (χ3v) is 5.38. The van der Waals surface area contributed by atoms with E-state index in [0.717, 1.165) is 41.8 Å². The maximum absolute atomic E-state index is 12.5. The third kappa shape index (κ3) is 3.72. The first-order chi connectivity index (χ1) is 11.0. The predicted octanol–water partition coefficient (Wildman–Crippen LogP) is 2.96. The molecule has 0 atom stereocenters. The van der Waals surface area contributed by atoms with Crippen LogP contribution < -0.4 is 4.90 Å². The Morgan fingerprint density at radius 2 is 1.91 bits per heavy atom. The lowest BCUT2D eigenvalue weighted by atomic mass is 10.2. The van der Waals surface area contributed by atoms with Crippen LogP contribution in [0.1, 0.15) is 21.1 Å². The number of amides is 1. The molecule has 0 aliphatic carbocycles. The largest absolute Gasteiger partial charge is 0.368 e. The monoisotopic (exact) mass is 329 g/mol. The van der Waals surface area contributed by atoms with Crippen LogP contribution in [-0.2, 0) is 11.2 Å². The Labute approximate surface area is 141 Å². The Bertz CT molecular complexity index is 702. The summed E-state index contributed by atoms with van der Waals surface area (Å²) in [5, 5.41) is 1.04. The number of carbonyl (C=O) groups excluding carboxylic acids is 1. The van der Waals surface area contributed by atoms with E-state index in [1.807, 2.05) is 18.7 Å². The van der Waals surface area contributed by atoms with E-state index in [1.54, 1.807) is 11.3 Å². The van der Waals surface area contributed by atoms with Gasteiger partial charge in [-0.3, -0.25) is 4.79 Å². The predicted molar refractivity (Wildman–Crippen MR) is 95.3 cm³/mol. The van der Waals surface area contributed by atoms with Crippen molar-refractivity contribution in [2.45, 2.75) is 27.2 Å². The SMILES string of the molecule is Cc1cccc(N2CCN(C(=O)Cc3sc(C)nc3C)CC2)c1. The quantitative estimate of drug-likeness (QED) is 0.869. The number of piperazine rings is 1. The number of aryl methyl sites for hydroxylation is 3. The minimum Gasteiger partial charge on any atom is -0.368 e. The molecule has 4 nitrogen and oxygen atoms in total. The lowest BCUT2D eigenvalue weighted by Gasteiger charge is -2.36. The molecular formula is C18H23N3OS. The molecule has 122 valence electrons. The highest BCUT2D eigenvalue weighted by atomic mass is 32.1. The van der Waals surface area contributed by atoms with Crippen LogP contribution in [-0.4, -0.2) is 42.0 Å². The summed E-state index contributed by atoms with van der Waals surface area (Å²) in [5.74, 6) is 0.223. The molecule has 2 aromatic rings. The molecule has 2 heterocycles. The number of benzene rings is 1. The van der Waals surface area contributed by atoms with Crippen molar-refractivity contribution in [3.8, 4) is 0 Å². The molecule has 0 spiro atoms. The first-order valence-corrected chi connectivity index (χ1v) is 8.87. The van der Waals surface area contributed by atoms with Gasteiger partial charge in [-0.25, -0.2) is 4.98 Å². The van der Waals surface area contributed by atoms with Crippen LogP contribution in [0.4, 0.5) is 5.69 Å². The summed E-state index contributed by atoms with van der Waals surface area (Å²) < 4.78 is 0. The minimum absolute atomic E-state index is 0.223. The zero-order valence-electron chi connectivity index (χ0n) is 14.0. The van der Waals surface area contributed by atoms with E-state index >= 15 is 0 Å². The van der Waals surface area contributed by atoms with Crippen molar-refractivity contribution < 1.29 is 4.79 Å². The number of rotatable bonds is 3. The van der Waals surface area contributed by atoms with Gasteiger partial charge >= 0.3 is 0 Å². The number of aromatic nitrogens is 1. The van der Waals surface area contributed by atoms with Crippen LogP contribution in [0.2, 0.25) is 0 Å². The van der Waals surface area contributed by atoms with Gasteiger partial charge in [0.1, 0.15) is 0 Å². The number of hydrogen-bond donors (Lipinski definition) is 0. The molecule has 5 heteroatoms. The number of nitrogens with zero attached hydrogens (tertiary/aromatic N) is 3. The average molecular weight is 329 g/mol. The summed E-state index contributed by atoms with van der Waals surface area (Å²) in [7, 11) is 0. The molecule has 1 fully saturated rings. The normalized spacial score (nSPS) is 15.1.